The first-order valence-corrected chi connectivity index (χ1v) is 6.54. The SMILES string of the molecule is NCC#Cc1cc(F)ccc1NC(=O)c1ccccc1Cl. The van der Waals surface area contributed by atoms with Gasteiger partial charge in [-0.15, -0.1) is 0 Å². The quantitative estimate of drug-likeness (QED) is 0.838. The second kappa shape index (κ2) is 6.89. The summed E-state index contributed by atoms with van der Waals surface area (Å²) < 4.78 is 13.3. The zero-order valence-corrected chi connectivity index (χ0v) is 11.7. The maximum absolute atomic E-state index is 13.3. The Kier molecular flexibility index (Phi) is 4.94. The first kappa shape index (κ1) is 15.0. The van der Waals surface area contributed by atoms with Crippen LogP contribution in [0.5, 0.6) is 0 Å². The number of rotatable bonds is 2. The van der Waals surface area contributed by atoms with Crippen molar-refractivity contribution in [1.82, 2.24) is 0 Å². The topological polar surface area (TPSA) is 55.1 Å². The predicted octanol–water partition coefficient (Wildman–Crippen LogP) is 3.04. The Morgan fingerprint density at radius 2 is 2.05 bits per heavy atom. The molecule has 0 aromatic heterocycles. The Morgan fingerprint density at radius 1 is 1.29 bits per heavy atom. The zero-order valence-electron chi connectivity index (χ0n) is 11.0. The molecule has 2 aromatic rings. The maximum Gasteiger partial charge on any atom is 0.257 e. The summed E-state index contributed by atoms with van der Waals surface area (Å²) in [5, 5.41) is 3.01. The smallest absolute Gasteiger partial charge is 0.257 e. The molecule has 0 heterocycles. The van der Waals surface area contributed by atoms with Crippen molar-refractivity contribution in [2.24, 2.45) is 5.73 Å². The van der Waals surface area contributed by atoms with Crippen molar-refractivity contribution in [2.75, 3.05) is 11.9 Å². The molecule has 0 saturated heterocycles. The summed E-state index contributed by atoms with van der Waals surface area (Å²) in [6.07, 6.45) is 0. The van der Waals surface area contributed by atoms with E-state index in [9.17, 15) is 9.18 Å². The van der Waals surface area contributed by atoms with Gasteiger partial charge in [0, 0.05) is 0 Å². The molecule has 2 rings (SSSR count). The number of benzene rings is 2. The molecule has 3 N–H and O–H groups in total. The average molecular weight is 303 g/mol. The van der Waals surface area contributed by atoms with Crippen molar-refractivity contribution in [3.05, 3.63) is 64.4 Å². The first-order valence-electron chi connectivity index (χ1n) is 6.16. The van der Waals surface area contributed by atoms with Gasteiger partial charge in [-0.1, -0.05) is 35.6 Å². The van der Waals surface area contributed by atoms with Crippen LogP contribution < -0.4 is 11.1 Å². The van der Waals surface area contributed by atoms with Crippen LogP contribution in [0.2, 0.25) is 5.02 Å². The summed E-state index contributed by atoms with van der Waals surface area (Å²) in [7, 11) is 0. The van der Waals surface area contributed by atoms with E-state index in [0.29, 0.717) is 21.8 Å². The average Bonchev–Trinajstić information content (AvgIpc) is 2.47. The molecule has 0 aliphatic rings. The van der Waals surface area contributed by atoms with Crippen molar-refractivity contribution >= 4 is 23.2 Å². The van der Waals surface area contributed by atoms with Gasteiger partial charge in [0.25, 0.3) is 5.91 Å². The molecule has 5 heteroatoms. The molecule has 3 nitrogen and oxygen atoms in total. The van der Waals surface area contributed by atoms with Crippen molar-refractivity contribution in [3.8, 4) is 11.8 Å². The lowest BCUT2D eigenvalue weighted by Crippen LogP contribution is -2.13. The van der Waals surface area contributed by atoms with E-state index in [1.807, 2.05) is 0 Å². The Morgan fingerprint density at radius 3 is 2.76 bits per heavy atom. The highest BCUT2D eigenvalue weighted by atomic mass is 35.5. The minimum absolute atomic E-state index is 0.147. The molecule has 21 heavy (non-hydrogen) atoms. The van der Waals surface area contributed by atoms with E-state index in [-0.39, 0.29) is 12.5 Å². The normalized spacial score (nSPS) is 9.67. The molecule has 0 fully saturated rings. The van der Waals surface area contributed by atoms with Crippen LogP contribution in [0, 0.1) is 17.7 Å². The Hall–Kier alpha value is -2.35. The lowest BCUT2D eigenvalue weighted by atomic mass is 10.1. The number of nitrogens with one attached hydrogen (secondary N) is 1. The minimum Gasteiger partial charge on any atom is -0.321 e. The van der Waals surface area contributed by atoms with Crippen LogP contribution in [0.1, 0.15) is 15.9 Å². The zero-order chi connectivity index (χ0) is 15.2. The monoisotopic (exact) mass is 302 g/mol. The van der Waals surface area contributed by atoms with Gasteiger partial charge in [-0.2, -0.15) is 0 Å². The van der Waals surface area contributed by atoms with Gasteiger partial charge in [-0.3, -0.25) is 4.79 Å². The van der Waals surface area contributed by atoms with Gasteiger partial charge in [0.05, 0.1) is 28.4 Å². The fourth-order valence-corrected chi connectivity index (χ4v) is 1.93. The molecular formula is C16H12ClFN2O. The molecule has 0 radical (unpaired) electrons. The van der Waals surface area contributed by atoms with E-state index in [2.05, 4.69) is 17.2 Å². The fraction of sp³-hybridized carbons (Fsp3) is 0.0625. The van der Waals surface area contributed by atoms with Crippen molar-refractivity contribution in [1.29, 1.82) is 0 Å². The molecule has 2 aromatic carbocycles. The molecule has 0 aliphatic carbocycles. The van der Waals surface area contributed by atoms with Crippen LogP contribution in [-0.2, 0) is 0 Å². The lowest BCUT2D eigenvalue weighted by molar-refractivity contribution is 0.102. The summed E-state index contributed by atoms with van der Waals surface area (Å²) in [5.74, 6) is 4.53. The van der Waals surface area contributed by atoms with Gasteiger partial charge >= 0.3 is 0 Å². The second-order valence-electron chi connectivity index (χ2n) is 4.13. The van der Waals surface area contributed by atoms with Crippen LogP contribution >= 0.6 is 11.6 Å². The minimum atomic E-state index is -0.438. The molecule has 106 valence electrons. The third kappa shape index (κ3) is 3.82. The van der Waals surface area contributed by atoms with Gasteiger partial charge in [-0.25, -0.2) is 4.39 Å². The third-order valence-corrected chi connectivity index (χ3v) is 3.00. The third-order valence-electron chi connectivity index (χ3n) is 2.67. The van der Waals surface area contributed by atoms with Gasteiger partial charge in [0.15, 0.2) is 0 Å². The van der Waals surface area contributed by atoms with E-state index in [1.165, 1.54) is 18.2 Å². The van der Waals surface area contributed by atoms with Gasteiger partial charge in [0.1, 0.15) is 5.82 Å². The van der Waals surface area contributed by atoms with E-state index in [0.717, 1.165) is 0 Å². The standard InChI is InChI=1S/C16H12ClFN2O/c17-14-6-2-1-5-13(14)16(21)20-15-8-7-12(18)10-11(15)4-3-9-19/h1-2,5-8,10H,9,19H2,(H,20,21). The molecular weight excluding hydrogens is 291 g/mol. The fourth-order valence-electron chi connectivity index (χ4n) is 1.71. The summed E-state index contributed by atoms with van der Waals surface area (Å²) >= 11 is 5.97. The van der Waals surface area contributed by atoms with E-state index in [4.69, 9.17) is 17.3 Å². The highest BCUT2D eigenvalue weighted by Gasteiger charge is 2.11. The largest absolute Gasteiger partial charge is 0.321 e. The van der Waals surface area contributed by atoms with Crippen LogP contribution in [0.3, 0.4) is 0 Å². The number of nitrogens with two attached hydrogens (primary N) is 1. The molecule has 0 aliphatic heterocycles. The Labute approximate surface area is 126 Å². The summed E-state index contributed by atoms with van der Waals surface area (Å²) in [6.45, 7) is 0.147. The lowest BCUT2D eigenvalue weighted by Gasteiger charge is -2.08. The molecule has 0 spiro atoms. The number of carbonyl (C=O) groups is 1. The summed E-state index contributed by atoms with van der Waals surface area (Å²) in [5.41, 5.74) is 6.41. The highest BCUT2D eigenvalue weighted by Crippen LogP contribution is 2.20. The molecule has 0 saturated carbocycles. The summed E-state index contributed by atoms with van der Waals surface area (Å²) in [6, 6.07) is 10.6. The number of halogens is 2. The Balaban J connectivity index is 2.31. The van der Waals surface area contributed by atoms with Crippen LogP contribution in [0.4, 0.5) is 10.1 Å². The number of anilines is 1. The number of hydrogen-bond donors (Lipinski definition) is 2. The van der Waals surface area contributed by atoms with E-state index < -0.39 is 5.82 Å². The molecule has 1 amide bonds. The number of carbonyl (C=O) groups excluding carboxylic acids is 1. The van der Waals surface area contributed by atoms with E-state index in [1.54, 1.807) is 24.3 Å². The molecule has 0 unspecified atom stereocenters. The van der Waals surface area contributed by atoms with Gasteiger partial charge in [0.2, 0.25) is 0 Å². The van der Waals surface area contributed by atoms with Crippen molar-refractivity contribution in [2.45, 2.75) is 0 Å². The predicted molar refractivity (Wildman–Crippen MR) is 81.7 cm³/mol. The molecule has 0 atom stereocenters. The van der Waals surface area contributed by atoms with Crippen molar-refractivity contribution < 1.29 is 9.18 Å². The maximum atomic E-state index is 13.3. The van der Waals surface area contributed by atoms with Crippen LogP contribution in [0.25, 0.3) is 0 Å². The second-order valence-corrected chi connectivity index (χ2v) is 4.54. The van der Waals surface area contributed by atoms with Crippen LogP contribution in [0.15, 0.2) is 42.5 Å². The Bertz CT molecular complexity index is 735. The number of hydrogen-bond acceptors (Lipinski definition) is 2. The van der Waals surface area contributed by atoms with Gasteiger partial charge < -0.3 is 11.1 Å². The van der Waals surface area contributed by atoms with Crippen LogP contribution in [-0.4, -0.2) is 12.5 Å². The van der Waals surface area contributed by atoms with Gasteiger partial charge in [-0.05, 0) is 30.3 Å². The first-order chi connectivity index (χ1) is 10.1. The van der Waals surface area contributed by atoms with E-state index >= 15 is 0 Å². The number of amides is 1. The summed E-state index contributed by atoms with van der Waals surface area (Å²) in [4.78, 5) is 12.2. The molecule has 0 bridgehead atoms. The highest BCUT2D eigenvalue weighted by molar-refractivity contribution is 6.34. The van der Waals surface area contributed by atoms with Crippen molar-refractivity contribution in [3.63, 3.8) is 0 Å².